The third kappa shape index (κ3) is 3.06. The summed E-state index contributed by atoms with van der Waals surface area (Å²) in [5.74, 6) is 2.53. The van der Waals surface area contributed by atoms with Crippen molar-refractivity contribution in [3.05, 3.63) is 24.4 Å². The zero-order valence-electron chi connectivity index (χ0n) is 12.8. The first-order valence-electron chi connectivity index (χ1n) is 7.36. The second-order valence-electron chi connectivity index (χ2n) is 6.04. The van der Waals surface area contributed by atoms with Gasteiger partial charge in [0.15, 0.2) is 0 Å². The van der Waals surface area contributed by atoms with E-state index in [0.29, 0.717) is 35.9 Å². The normalized spacial score (nSPS) is 11.9. The molecule has 0 spiro atoms. The fraction of sp³-hybridized carbons (Fsp3) is 0.562. The summed E-state index contributed by atoms with van der Waals surface area (Å²) in [5, 5.41) is 4.37. The van der Waals surface area contributed by atoms with Gasteiger partial charge in [-0.1, -0.05) is 33.8 Å². The van der Waals surface area contributed by atoms with Crippen LogP contribution in [0.25, 0.3) is 5.52 Å². The molecule has 0 aliphatic carbocycles. The molecular formula is C16H25N3O. The molecule has 2 aromatic rings. The van der Waals surface area contributed by atoms with Crippen LogP contribution in [0.3, 0.4) is 0 Å². The van der Waals surface area contributed by atoms with Crippen LogP contribution < -0.4 is 10.5 Å². The molecule has 2 heterocycles. The largest absolute Gasteiger partial charge is 0.475 e. The molecule has 2 aromatic heterocycles. The Bertz CT molecular complexity index is 552. The van der Waals surface area contributed by atoms with Crippen LogP contribution in [0, 0.1) is 17.8 Å². The van der Waals surface area contributed by atoms with E-state index in [1.165, 1.54) is 0 Å². The molecule has 0 bridgehead atoms. The van der Waals surface area contributed by atoms with Crippen molar-refractivity contribution < 1.29 is 4.74 Å². The summed E-state index contributed by atoms with van der Waals surface area (Å²) in [6, 6.07) is 5.82. The minimum atomic E-state index is 0.544. The molecule has 20 heavy (non-hydrogen) atoms. The zero-order chi connectivity index (χ0) is 14.7. The van der Waals surface area contributed by atoms with Gasteiger partial charge < -0.3 is 10.5 Å². The van der Waals surface area contributed by atoms with Crippen molar-refractivity contribution in [1.29, 1.82) is 0 Å². The van der Waals surface area contributed by atoms with E-state index in [2.05, 4.69) is 32.8 Å². The summed E-state index contributed by atoms with van der Waals surface area (Å²) in [7, 11) is 0. The van der Waals surface area contributed by atoms with E-state index in [0.717, 1.165) is 11.9 Å². The number of nitrogens with two attached hydrogens (primary N) is 1. The van der Waals surface area contributed by atoms with Crippen molar-refractivity contribution in [3.8, 4) is 5.88 Å². The first kappa shape index (κ1) is 14.7. The van der Waals surface area contributed by atoms with Gasteiger partial charge in [-0.05, 0) is 36.3 Å². The lowest BCUT2D eigenvalue weighted by Gasteiger charge is -2.24. The van der Waals surface area contributed by atoms with Crippen molar-refractivity contribution in [2.24, 2.45) is 17.8 Å². The van der Waals surface area contributed by atoms with Gasteiger partial charge in [-0.15, -0.1) is 5.10 Å². The number of pyridine rings is 1. The summed E-state index contributed by atoms with van der Waals surface area (Å²) >= 11 is 0. The minimum absolute atomic E-state index is 0.544. The number of fused-ring (bicyclic) bond motifs is 1. The van der Waals surface area contributed by atoms with E-state index < -0.39 is 0 Å². The first-order valence-corrected chi connectivity index (χ1v) is 7.36. The van der Waals surface area contributed by atoms with Gasteiger partial charge in [0.05, 0.1) is 12.1 Å². The predicted molar refractivity (Wildman–Crippen MR) is 82.9 cm³/mol. The van der Waals surface area contributed by atoms with Crippen LogP contribution in [-0.2, 0) is 0 Å². The van der Waals surface area contributed by atoms with Gasteiger partial charge in [0.2, 0.25) is 0 Å². The monoisotopic (exact) mass is 275 g/mol. The second kappa shape index (κ2) is 6.16. The fourth-order valence-electron chi connectivity index (χ4n) is 2.83. The van der Waals surface area contributed by atoms with Crippen LogP contribution in [0.15, 0.2) is 24.4 Å². The van der Waals surface area contributed by atoms with E-state index in [-0.39, 0.29) is 0 Å². The molecule has 2 rings (SSSR count). The van der Waals surface area contributed by atoms with Gasteiger partial charge in [0.1, 0.15) is 5.69 Å². The lowest BCUT2D eigenvalue weighted by molar-refractivity contribution is 0.204. The third-order valence-electron chi connectivity index (χ3n) is 3.95. The Labute approximate surface area is 120 Å². The summed E-state index contributed by atoms with van der Waals surface area (Å²) < 4.78 is 7.55. The number of nitrogen functional groups attached to an aromatic ring is 1. The molecule has 0 fully saturated rings. The smallest absolute Gasteiger partial charge is 0.257 e. The number of nitrogens with zero attached hydrogens (tertiary/aromatic N) is 2. The van der Waals surface area contributed by atoms with Gasteiger partial charge in [-0.3, -0.25) is 0 Å². The van der Waals surface area contributed by atoms with E-state index in [4.69, 9.17) is 10.5 Å². The first-order chi connectivity index (χ1) is 9.50. The van der Waals surface area contributed by atoms with Crippen LogP contribution >= 0.6 is 0 Å². The number of rotatable bonds is 6. The van der Waals surface area contributed by atoms with Crippen LogP contribution in [0.4, 0.5) is 5.69 Å². The van der Waals surface area contributed by atoms with Crippen molar-refractivity contribution in [3.63, 3.8) is 0 Å². The molecule has 0 saturated heterocycles. The molecule has 0 aliphatic heterocycles. The van der Waals surface area contributed by atoms with Gasteiger partial charge in [-0.25, -0.2) is 4.52 Å². The van der Waals surface area contributed by atoms with Gasteiger partial charge in [-0.2, -0.15) is 0 Å². The SMILES string of the molecule is CC(C)C(CCOc1nn2ccccc2c1N)C(C)C. The lowest BCUT2D eigenvalue weighted by Crippen LogP contribution is -2.18. The maximum absolute atomic E-state index is 6.07. The molecule has 4 heteroatoms. The van der Waals surface area contributed by atoms with E-state index in [1.807, 2.05) is 24.4 Å². The highest BCUT2D eigenvalue weighted by Crippen LogP contribution is 2.27. The van der Waals surface area contributed by atoms with Crippen molar-refractivity contribution in [2.75, 3.05) is 12.3 Å². The highest BCUT2D eigenvalue weighted by Gasteiger charge is 2.18. The van der Waals surface area contributed by atoms with Gasteiger partial charge >= 0.3 is 0 Å². The lowest BCUT2D eigenvalue weighted by atomic mass is 9.83. The Morgan fingerprint density at radius 1 is 1.20 bits per heavy atom. The number of aromatic nitrogens is 2. The van der Waals surface area contributed by atoms with Gasteiger partial charge in [0.25, 0.3) is 5.88 Å². The van der Waals surface area contributed by atoms with Crippen LogP contribution in [0.2, 0.25) is 0 Å². The molecule has 0 atom stereocenters. The minimum Gasteiger partial charge on any atom is -0.475 e. The van der Waals surface area contributed by atoms with Crippen LogP contribution in [0.1, 0.15) is 34.1 Å². The Kier molecular flexibility index (Phi) is 4.53. The Morgan fingerprint density at radius 3 is 2.50 bits per heavy atom. The Balaban J connectivity index is 2.01. The van der Waals surface area contributed by atoms with E-state index >= 15 is 0 Å². The average molecular weight is 275 g/mol. The maximum Gasteiger partial charge on any atom is 0.257 e. The van der Waals surface area contributed by atoms with Crippen LogP contribution in [-0.4, -0.2) is 16.2 Å². The fourth-order valence-corrected chi connectivity index (χ4v) is 2.83. The predicted octanol–water partition coefficient (Wildman–Crippen LogP) is 3.61. The maximum atomic E-state index is 6.07. The van der Waals surface area contributed by atoms with Crippen molar-refractivity contribution in [2.45, 2.75) is 34.1 Å². The average Bonchev–Trinajstić information content (AvgIpc) is 2.71. The summed E-state index contributed by atoms with van der Waals surface area (Å²) in [6.45, 7) is 9.73. The number of hydrogen-bond donors (Lipinski definition) is 1. The Morgan fingerprint density at radius 2 is 1.90 bits per heavy atom. The molecule has 4 nitrogen and oxygen atoms in total. The molecule has 0 aliphatic rings. The summed E-state index contributed by atoms with van der Waals surface area (Å²) in [4.78, 5) is 0. The summed E-state index contributed by atoms with van der Waals surface area (Å²) in [6.07, 6.45) is 2.91. The standard InChI is InChI=1S/C16H25N3O/c1-11(2)13(12(3)4)8-10-20-16-15(17)14-7-5-6-9-19(14)18-16/h5-7,9,11-13H,8,10,17H2,1-4H3. The molecular weight excluding hydrogens is 250 g/mol. The van der Waals surface area contributed by atoms with E-state index in [9.17, 15) is 0 Å². The second-order valence-corrected chi connectivity index (χ2v) is 6.04. The van der Waals surface area contributed by atoms with E-state index in [1.54, 1.807) is 4.52 Å². The molecule has 0 radical (unpaired) electrons. The summed E-state index contributed by atoms with van der Waals surface area (Å²) in [5.41, 5.74) is 7.58. The molecule has 0 amide bonds. The van der Waals surface area contributed by atoms with Crippen molar-refractivity contribution >= 4 is 11.2 Å². The Hall–Kier alpha value is -1.71. The van der Waals surface area contributed by atoms with Crippen LogP contribution in [0.5, 0.6) is 5.88 Å². The molecule has 0 aromatic carbocycles. The number of ether oxygens (including phenoxy) is 1. The topological polar surface area (TPSA) is 52.5 Å². The molecule has 2 N–H and O–H groups in total. The quantitative estimate of drug-likeness (QED) is 0.876. The van der Waals surface area contributed by atoms with Gasteiger partial charge in [0, 0.05) is 6.20 Å². The third-order valence-corrected chi connectivity index (χ3v) is 3.95. The zero-order valence-corrected chi connectivity index (χ0v) is 12.8. The number of anilines is 1. The highest BCUT2D eigenvalue weighted by atomic mass is 16.5. The molecule has 0 saturated carbocycles. The highest BCUT2D eigenvalue weighted by molar-refractivity contribution is 5.74. The van der Waals surface area contributed by atoms with Crippen molar-refractivity contribution in [1.82, 2.24) is 9.61 Å². The molecule has 0 unspecified atom stereocenters. The number of hydrogen-bond acceptors (Lipinski definition) is 3. The molecule has 110 valence electrons.